The van der Waals surface area contributed by atoms with Crippen molar-refractivity contribution in [2.45, 2.75) is 32.2 Å². The Morgan fingerprint density at radius 3 is 2.55 bits per heavy atom. The van der Waals surface area contributed by atoms with Gasteiger partial charge in [-0.05, 0) is 24.1 Å². The fourth-order valence-corrected chi connectivity index (χ4v) is 3.49. The number of piperazine rings is 1. The molecule has 0 aromatic heterocycles. The maximum absolute atomic E-state index is 6.43. The van der Waals surface area contributed by atoms with Gasteiger partial charge in [0.05, 0.1) is 10.0 Å². The summed E-state index contributed by atoms with van der Waals surface area (Å²) in [5.74, 6) is 0. The van der Waals surface area contributed by atoms with Crippen LogP contribution < -0.4 is 5.32 Å². The second-order valence-corrected chi connectivity index (χ2v) is 6.46. The Balaban J connectivity index is 2.29. The zero-order valence-electron chi connectivity index (χ0n) is 11.8. The molecule has 5 heteroatoms. The summed E-state index contributed by atoms with van der Waals surface area (Å²) in [6, 6.07) is 3.99. The summed E-state index contributed by atoms with van der Waals surface area (Å²) in [7, 11) is 0. The number of hydrogen-bond acceptors (Lipinski definition) is 2. The number of halogens is 3. The maximum atomic E-state index is 6.43. The van der Waals surface area contributed by atoms with Crippen molar-refractivity contribution in [3.05, 3.63) is 32.8 Å². The molecular weight excluding hydrogens is 315 g/mol. The van der Waals surface area contributed by atoms with Gasteiger partial charge in [0.25, 0.3) is 0 Å². The highest BCUT2D eigenvalue weighted by atomic mass is 35.5. The Kier molecular flexibility index (Phi) is 6.44. The van der Waals surface area contributed by atoms with Crippen LogP contribution in [0, 0.1) is 0 Å². The SMILES string of the molecule is CCCC[C@H](c1cc(Cl)cc(Cl)c1Cl)N1CCNCC1. The van der Waals surface area contributed by atoms with E-state index < -0.39 is 0 Å². The maximum Gasteiger partial charge on any atom is 0.0641 e. The Hall–Kier alpha value is 0.01000. The van der Waals surface area contributed by atoms with Crippen LogP contribution in [0.15, 0.2) is 12.1 Å². The van der Waals surface area contributed by atoms with Crippen LogP contribution in [-0.2, 0) is 0 Å². The molecule has 0 bridgehead atoms. The summed E-state index contributed by atoms with van der Waals surface area (Å²) in [6.45, 7) is 6.33. The summed E-state index contributed by atoms with van der Waals surface area (Å²) in [6.07, 6.45) is 3.44. The van der Waals surface area contributed by atoms with E-state index in [2.05, 4.69) is 17.1 Å². The smallest absolute Gasteiger partial charge is 0.0641 e. The fourth-order valence-electron chi connectivity index (χ4n) is 2.74. The Morgan fingerprint density at radius 1 is 1.20 bits per heavy atom. The largest absolute Gasteiger partial charge is 0.314 e. The predicted molar refractivity (Wildman–Crippen MR) is 88.2 cm³/mol. The van der Waals surface area contributed by atoms with E-state index >= 15 is 0 Å². The second-order valence-electron chi connectivity index (χ2n) is 5.23. The minimum Gasteiger partial charge on any atom is -0.314 e. The molecule has 0 aliphatic carbocycles. The van der Waals surface area contributed by atoms with Crippen LogP contribution in [0.1, 0.15) is 37.8 Å². The molecule has 112 valence electrons. The van der Waals surface area contributed by atoms with Crippen LogP contribution >= 0.6 is 34.8 Å². The molecule has 1 aromatic carbocycles. The lowest BCUT2D eigenvalue weighted by atomic mass is 9.98. The van der Waals surface area contributed by atoms with E-state index in [0.717, 1.165) is 38.2 Å². The van der Waals surface area contributed by atoms with Gasteiger partial charge in [-0.25, -0.2) is 0 Å². The van der Waals surface area contributed by atoms with Crippen LogP contribution in [0.4, 0.5) is 0 Å². The van der Waals surface area contributed by atoms with Gasteiger partial charge in [0, 0.05) is 37.2 Å². The number of nitrogens with one attached hydrogen (secondary N) is 1. The highest BCUT2D eigenvalue weighted by molar-refractivity contribution is 6.43. The first-order valence-electron chi connectivity index (χ1n) is 7.22. The van der Waals surface area contributed by atoms with Crippen molar-refractivity contribution in [1.29, 1.82) is 0 Å². The van der Waals surface area contributed by atoms with Gasteiger partial charge in [0.15, 0.2) is 0 Å². The van der Waals surface area contributed by atoms with Crippen LogP contribution in [0.3, 0.4) is 0 Å². The Morgan fingerprint density at radius 2 is 1.90 bits per heavy atom. The molecule has 1 fully saturated rings. The lowest BCUT2D eigenvalue weighted by Crippen LogP contribution is -2.45. The molecule has 0 radical (unpaired) electrons. The van der Waals surface area contributed by atoms with Gasteiger partial charge >= 0.3 is 0 Å². The molecule has 1 saturated heterocycles. The number of hydrogen-bond donors (Lipinski definition) is 1. The molecule has 1 heterocycles. The second kappa shape index (κ2) is 7.86. The van der Waals surface area contributed by atoms with Crippen molar-refractivity contribution in [3.63, 3.8) is 0 Å². The van der Waals surface area contributed by atoms with Crippen LogP contribution in [0.25, 0.3) is 0 Å². The molecule has 2 rings (SSSR count). The number of unbranched alkanes of at least 4 members (excludes halogenated alkanes) is 1. The molecule has 0 unspecified atom stereocenters. The molecule has 1 aromatic rings. The normalized spacial score (nSPS) is 18.2. The van der Waals surface area contributed by atoms with Crippen molar-refractivity contribution in [2.24, 2.45) is 0 Å². The molecule has 1 aliphatic heterocycles. The van der Waals surface area contributed by atoms with E-state index in [0.29, 0.717) is 21.1 Å². The van der Waals surface area contributed by atoms with Gasteiger partial charge in [-0.3, -0.25) is 4.90 Å². The first-order valence-corrected chi connectivity index (χ1v) is 8.36. The van der Waals surface area contributed by atoms with E-state index in [1.54, 1.807) is 6.07 Å². The summed E-state index contributed by atoms with van der Waals surface area (Å²) >= 11 is 18.8. The van der Waals surface area contributed by atoms with Gasteiger partial charge in [0.2, 0.25) is 0 Å². The molecule has 2 nitrogen and oxygen atoms in total. The molecule has 0 saturated carbocycles. The lowest BCUT2D eigenvalue weighted by Gasteiger charge is -2.36. The lowest BCUT2D eigenvalue weighted by molar-refractivity contribution is 0.163. The van der Waals surface area contributed by atoms with Crippen LogP contribution in [0.2, 0.25) is 15.1 Å². The van der Waals surface area contributed by atoms with E-state index in [1.807, 2.05) is 6.07 Å². The third-order valence-electron chi connectivity index (χ3n) is 3.80. The van der Waals surface area contributed by atoms with Gasteiger partial charge in [-0.15, -0.1) is 0 Å². The van der Waals surface area contributed by atoms with Crippen LogP contribution in [0.5, 0.6) is 0 Å². The Labute approximate surface area is 136 Å². The van der Waals surface area contributed by atoms with Gasteiger partial charge in [-0.1, -0.05) is 54.6 Å². The first-order chi connectivity index (χ1) is 9.63. The Bertz CT molecular complexity index is 445. The average molecular weight is 336 g/mol. The minimum absolute atomic E-state index is 0.306. The highest BCUT2D eigenvalue weighted by Gasteiger charge is 2.24. The van der Waals surface area contributed by atoms with Gasteiger partial charge in [-0.2, -0.15) is 0 Å². The van der Waals surface area contributed by atoms with Crippen molar-refractivity contribution in [2.75, 3.05) is 26.2 Å². The van der Waals surface area contributed by atoms with Crippen molar-refractivity contribution >= 4 is 34.8 Å². The van der Waals surface area contributed by atoms with Gasteiger partial charge in [0.1, 0.15) is 0 Å². The topological polar surface area (TPSA) is 15.3 Å². The fraction of sp³-hybridized carbons (Fsp3) is 0.600. The molecule has 20 heavy (non-hydrogen) atoms. The van der Waals surface area contributed by atoms with E-state index in [4.69, 9.17) is 34.8 Å². The average Bonchev–Trinajstić information content (AvgIpc) is 2.45. The van der Waals surface area contributed by atoms with E-state index in [1.165, 1.54) is 12.8 Å². The third-order valence-corrected chi connectivity index (χ3v) is 4.84. The zero-order valence-corrected chi connectivity index (χ0v) is 14.0. The summed E-state index contributed by atoms with van der Waals surface area (Å²) in [4.78, 5) is 2.49. The van der Waals surface area contributed by atoms with Crippen molar-refractivity contribution in [3.8, 4) is 0 Å². The quantitative estimate of drug-likeness (QED) is 0.779. The number of benzene rings is 1. The minimum atomic E-state index is 0.306. The molecule has 0 amide bonds. The summed E-state index contributed by atoms with van der Waals surface area (Å²) < 4.78 is 0. The monoisotopic (exact) mass is 334 g/mol. The van der Waals surface area contributed by atoms with E-state index in [9.17, 15) is 0 Å². The molecular formula is C15H21Cl3N2. The predicted octanol–water partition coefficient (Wildman–Crippen LogP) is 4.78. The third kappa shape index (κ3) is 4.02. The van der Waals surface area contributed by atoms with Crippen molar-refractivity contribution < 1.29 is 0 Å². The molecule has 1 aliphatic rings. The summed E-state index contributed by atoms with van der Waals surface area (Å²) in [5, 5.41) is 5.24. The number of nitrogens with zero attached hydrogens (tertiary/aromatic N) is 1. The van der Waals surface area contributed by atoms with Gasteiger partial charge < -0.3 is 5.32 Å². The van der Waals surface area contributed by atoms with Crippen LogP contribution in [-0.4, -0.2) is 31.1 Å². The van der Waals surface area contributed by atoms with E-state index in [-0.39, 0.29) is 0 Å². The highest BCUT2D eigenvalue weighted by Crippen LogP contribution is 2.38. The molecule has 1 atom stereocenters. The standard InChI is InChI=1S/C15H21Cl3N2/c1-2-3-4-14(20-7-5-19-6-8-20)12-9-11(16)10-13(17)15(12)18/h9-10,14,19H,2-8H2,1H3/t14-/m1/s1. The summed E-state index contributed by atoms with van der Waals surface area (Å²) in [5.41, 5.74) is 1.07. The zero-order chi connectivity index (χ0) is 14.5. The first kappa shape index (κ1) is 16.4. The van der Waals surface area contributed by atoms with Crippen molar-refractivity contribution in [1.82, 2.24) is 10.2 Å². The molecule has 1 N–H and O–H groups in total. The molecule has 0 spiro atoms. The number of rotatable bonds is 5.